The van der Waals surface area contributed by atoms with Crippen LogP contribution < -0.4 is 0 Å². The van der Waals surface area contributed by atoms with Crippen LogP contribution in [0.3, 0.4) is 0 Å². The summed E-state index contributed by atoms with van der Waals surface area (Å²) in [4.78, 5) is 37.9. The van der Waals surface area contributed by atoms with Gasteiger partial charge in [-0.05, 0) is 83.5 Å². The van der Waals surface area contributed by atoms with E-state index in [2.05, 4.69) is 69.4 Å². The van der Waals surface area contributed by atoms with Gasteiger partial charge >= 0.3 is 17.9 Å². The molecule has 0 aliphatic rings. The Bertz CT molecular complexity index is 1070. The number of carbonyl (C=O) groups excluding carboxylic acids is 3. The normalized spacial score (nSPS) is 12.4. The molecular formula is C55H98O6. The maximum Gasteiger partial charge on any atom is 0.306 e. The first-order chi connectivity index (χ1) is 30.0. The second kappa shape index (κ2) is 50.0. The average Bonchev–Trinajstić information content (AvgIpc) is 3.26. The van der Waals surface area contributed by atoms with Gasteiger partial charge in [0.15, 0.2) is 6.10 Å². The number of hydrogen-bond acceptors (Lipinski definition) is 6. The van der Waals surface area contributed by atoms with Crippen LogP contribution in [-0.4, -0.2) is 37.2 Å². The summed E-state index contributed by atoms with van der Waals surface area (Å²) in [5, 5.41) is 0. The predicted molar refractivity (Wildman–Crippen MR) is 261 cm³/mol. The van der Waals surface area contributed by atoms with Crippen molar-refractivity contribution in [1.82, 2.24) is 0 Å². The number of allylic oxidation sites excluding steroid dienone is 8. The molecule has 0 rings (SSSR count). The second-order valence-corrected chi connectivity index (χ2v) is 17.4. The van der Waals surface area contributed by atoms with Crippen molar-refractivity contribution in [2.24, 2.45) is 0 Å². The Morgan fingerprint density at radius 3 is 0.951 bits per heavy atom. The molecule has 0 heterocycles. The van der Waals surface area contributed by atoms with Crippen LogP contribution in [0.25, 0.3) is 0 Å². The first kappa shape index (κ1) is 58.4. The van der Waals surface area contributed by atoms with Crippen molar-refractivity contribution in [2.45, 2.75) is 271 Å². The third kappa shape index (κ3) is 48.3. The van der Waals surface area contributed by atoms with E-state index in [1.807, 2.05) is 0 Å². The fraction of sp³-hybridized carbons (Fsp3) is 0.800. The molecule has 0 spiro atoms. The Labute approximate surface area is 378 Å². The fourth-order valence-electron chi connectivity index (χ4n) is 7.33. The molecule has 0 N–H and O–H groups in total. The lowest BCUT2D eigenvalue weighted by molar-refractivity contribution is -0.167. The maximum absolute atomic E-state index is 12.8. The number of carbonyl (C=O) groups is 3. The van der Waals surface area contributed by atoms with Crippen molar-refractivity contribution >= 4 is 17.9 Å². The molecule has 6 heteroatoms. The van der Waals surface area contributed by atoms with Crippen LogP contribution in [0.2, 0.25) is 0 Å². The smallest absolute Gasteiger partial charge is 0.306 e. The molecule has 0 aromatic heterocycles. The Morgan fingerprint density at radius 1 is 0.328 bits per heavy atom. The monoisotopic (exact) mass is 855 g/mol. The first-order valence-electron chi connectivity index (χ1n) is 26.1. The highest BCUT2D eigenvalue weighted by atomic mass is 16.6. The zero-order chi connectivity index (χ0) is 44.4. The van der Waals surface area contributed by atoms with Crippen LogP contribution in [0.1, 0.15) is 265 Å². The van der Waals surface area contributed by atoms with Crippen molar-refractivity contribution < 1.29 is 28.6 Å². The van der Waals surface area contributed by atoms with Crippen LogP contribution in [0.4, 0.5) is 0 Å². The topological polar surface area (TPSA) is 78.9 Å². The van der Waals surface area contributed by atoms with Gasteiger partial charge < -0.3 is 14.2 Å². The summed E-state index contributed by atoms with van der Waals surface area (Å²) in [6, 6.07) is 0. The molecule has 0 fully saturated rings. The minimum Gasteiger partial charge on any atom is -0.462 e. The lowest BCUT2D eigenvalue weighted by Gasteiger charge is -2.18. The van der Waals surface area contributed by atoms with E-state index in [-0.39, 0.29) is 31.1 Å². The molecule has 0 aromatic carbocycles. The summed E-state index contributed by atoms with van der Waals surface area (Å²) in [5.41, 5.74) is 0. The number of rotatable bonds is 47. The van der Waals surface area contributed by atoms with E-state index < -0.39 is 6.10 Å². The largest absolute Gasteiger partial charge is 0.462 e. The van der Waals surface area contributed by atoms with Crippen molar-refractivity contribution in [2.75, 3.05) is 13.2 Å². The van der Waals surface area contributed by atoms with Gasteiger partial charge in [-0.1, -0.05) is 211 Å². The lowest BCUT2D eigenvalue weighted by atomic mass is 10.1. The van der Waals surface area contributed by atoms with Gasteiger partial charge in [0.2, 0.25) is 0 Å². The highest BCUT2D eigenvalue weighted by Gasteiger charge is 2.19. The van der Waals surface area contributed by atoms with Crippen molar-refractivity contribution in [3.05, 3.63) is 48.6 Å². The molecule has 6 nitrogen and oxygen atoms in total. The Morgan fingerprint density at radius 2 is 0.590 bits per heavy atom. The van der Waals surface area contributed by atoms with Gasteiger partial charge in [0.05, 0.1) is 0 Å². The molecular weight excluding hydrogens is 757 g/mol. The van der Waals surface area contributed by atoms with E-state index in [4.69, 9.17) is 14.2 Å². The fourth-order valence-corrected chi connectivity index (χ4v) is 7.33. The van der Waals surface area contributed by atoms with Crippen molar-refractivity contribution in [3.63, 3.8) is 0 Å². The van der Waals surface area contributed by atoms with Gasteiger partial charge in [0.25, 0.3) is 0 Å². The van der Waals surface area contributed by atoms with Crippen molar-refractivity contribution in [1.29, 1.82) is 0 Å². The number of ether oxygens (including phenoxy) is 3. The number of unbranched alkanes of at least 4 members (excludes halogenated alkanes) is 28. The van der Waals surface area contributed by atoms with E-state index in [9.17, 15) is 14.4 Å². The zero-order valence-electron chi connectivity index (χ0n) is 40.4. The van der Waals surface area contributed by atoms with Gasteiger partial charge in [-0.3, -0.25) is 14.4 Å². The molecule has 0 radical (unpaired) electrons. The van der Waals surface area contributed by atoms with Gasteiger partial charge in [0, 0.05) is 19.3 Å². The van der Waals surface area contributed by atoms with Gasteiger partial charge in [-0.2, -0.15) is 0 Å². The van der Waals surface area contributed by atoms with E-state index in [0.717, 1.165) is 83.5 Å². The Hall–Kier alpha value is -2.63. The Balaban J connectivity index is 4.30. The van der Waals surface area contributed by atoms with E-state index >= 15 is 0 Å². The molecule has 0 amide bonds. The van der Waals surface area contributed by atoms with Crippen molar-refractivity contribution in [3.8, 4) is 0 Å². The SMILES string of the molecule is CCCCC/C=C\C/C=C\CCCCCCCCCC(=O)OC(COC(=O)CCCCCCCCCC)COC(=O)CCCCCCCCC/C=C\C/C=C\CCCCCC. The van der Waals surface area contributed by atoms with Gasteiger partial charge in [-0.15, -0.1) is 0 Å². The van der Waals surface area contributed by atoms with Gasteiger partial charge in [-0.25, -0.2) is 0 Å². The van der Waals surface area contributed by atoms with Crippen LogP contribution in [0, 0.1) is 0 Å². The quantitative estimate of drug-likeness (QED) is 0.0263. The predicted octanol–water partition coefficient (Wildman–Crippen LogP) is 17.1. The molecule has 61 heavy (non-hydrogen) atoms. The second-order valence-electron chi connectivity index (χ2n) is 17.4. The molecule has 354 valence electrons. The van der Waals surface area contributed by atoms with Crippen LogP contribution in [0.15, 0.2) is 48.6 Å². The third-order valence-electron chi connectivity index (χ3n) is 11.3. The summed E-state index contributed by atoms with van der Waals surface area (Å²) < 4.78 is 16.8. The standard InChI is InChI=1S/C55H98O6/c1-4-7-10-13-16-19-21-23-25-27-29-30-32-34-36-39-42-45-48-54(57)60-51-52(50-59-53(56)47-44-41-38-18-15-12-9-6-3)61-55(58)49-46-43-40-37-35-33-31-28-26-24-22-20-17-14-11-8-5-2/h17,19-21,24-27,52H,4-16,18,22-23,28-51H2,1-3H3/b20-17-,21-19-,26-24-,27-25-. The summed E-state index contributed by atoms with van der Waals surface area (Å²) >= 11 is 0. The number of hydrogen-bond donors (Lipinski definition) is 0. The maximum atomic E-state index is 12.8. The first-order valence-corrected chi connectivity index (χ1v) is 26.1. The van der Waals surface area contributed by atoms with E-state index in [0.29, 0.717) is 19.3 Å². The minimum absolute atomic E-state index is 0.0775. The van der Waals surface area contributed by atoms with Crippen LogP contribution >= 0.6 is 0 Å². The number of esters is 3. The van der Waals surface area contributed by atoms with Crippen LogP contribution in [0.5, 0.6) is 0 Å². The molecule has 0 aromatic rings. The lowest BCUT2D eigenvalue weighted by Crippen LogP contribution is -2.30. The molecule has 0 aliphatic carbocycles. The molecule has 0 aliphatic heterocycles. The zero-order valence-corrected chi connectivity index (χ0v) is 40.4. The molecule has 0 bridgehead atoms. The summed E-state index contributed by atoms with van der Waals surface area (Å²) in [7, 11) is 0. The summed E-state index contributed by atoms with van der Waals surface area (Å²) in [6.45, 7) is 6.57. The summed E-state index contributed by atoms with van der Waals surface area (Å²) in [6.07, 6.45) is 59.5. The molecule has 0 saturated heterocycles. The highest BCUT2D eigenvalue weighted by Crippen LogP contribution is 2.14. The molecule has 0 saturated carbocycles. The van der Waals surface area contributed by atoms with E-state index in [1.165, 1.54) is 141 Å². The highest BCUT2D eigenvalue weighted by molar-refractivity contribution is 5.71. The average molecular weight is 855 g/mol. The Kier molecular flexibility index (Phi) is 47.9. The molecule has 1 unspecified atom stereocenters. The van der Waals surface area contributed by atoms with Gasteiger partial charge in [0.1, 0.15) is 13.2 Å². The third-order valence-corrected chi connectivity index (χ3v) is 11.3. The van der Waals surface area contributed by atoms with E-state index in [1.54, 1.807) is 0 Å². The molecule has 1 atom stereocenters. The summed E-state index contributed by atoms with van der Waals surface area (Å²) in [5.74, 6) is -0.891. The van der Waals surface area contributed by atoms with Crippen LogP contribution in [-0.2, 0) is 28.6 Å². The minimum atomic E-state index is -0.776.